The summed E-state index contributed by atoms with van der Waals surface area (Å²) in [5.74, 6) is 1.46. The van der Waals surface area contributed by atoms with Crippen LogP contribution in [0.15, 0.2) is 28.7 Å². The van der Waals surface area contributed by atoms with Crippen molar-refractivity contribution < 1.29 is 19.1 Å². The highest BCUT2D eigenvalue weighted by Crippen LogP contribution is 2.33. The van der Waals surface area contributed by atoms with Crippen LogP contribution in [0.2, 0.25) is 0 Å². The van der Waals surface area contributed by atoms with Crippen molar-refractivity contribution in [3.05, 3.63) is 41.6 Å². The lowest BCUT2D eigenvalue weighted by atomic mass is 9.98. The van der Waals surface area contributed by atoms with Gasteiger partial charge in [-0.25, -0.2) is 0 Å². The van der Waals surface area contributed by atoms with E-state index < -0.39 is 12.1 Å². The predicted molar refractivity (Wildman–Crippen MR) is 97.4 cm³/mol. The molecule has 0 spiro atoms. The second-order valence-corrected chi connectivity index (χ2v) is 7.42. The number of likely N-dealkylation sites (tertiary alicyclic amines) is 1. The first-order valence-electron chi connectivity index (χ1n) is 9.66. The Morgan fingerprint density at radius 1 is 1.19 bits per heavy atom. The van der Waals surface area contributed by atoms with Crippen molar-refractivity contribution in [3.8, 4) is 5.75 Å². The SMILES string of the molecule is Cc1nnc([C@H]2C[C@@H](O)CN2C(=O)c2ccc(OC3CCCCC3)cc2)o1. The molecule has 1 aromatic heterocycles. The lowest BCUT2D eigenvalue weighted by Gasteiger charge is -2.24. The summed E-state index contributed by atoms with van der Waals surface area (Å²) in [5, 5.41) is 17.9. The van der Waals surface area contributed by atoms with E-state index in [1.165, 1.54) is 19.3 Å². The van der Waals surface area contributed by atoms with Crippen molar-refractivity contribution in [2.24, 2.45) is 0 Å². The number of aromatic nitrogens is 2. The monoisotopic (exact) mass is 371 g/mol. The highest BCUT2D eigenvalue weighted by Gasteiger charge is 2.38. The molecule has 0 radical (unpaired) electrons. The maximum Gasteiger partial charge on any atom is 0.254 e. The van der Waals surface area contributed by atoms with E-state index >= 15 is 0 Å². The number of nitrogens with zero attached hydrogens (tertiary/aromatic N) is 3. The van der Waals surface area contributed by atoms with E-state index in [9.17, 15) is 9.90 Å². The molecule has 1 amide bonds. The molecule has 7 heteroatoms. The molecule has 1 saturated heterocycles. The van der Waals surface area contributed by atoms with Gasteiger partial charge in [-0.15, -0.1) is 10.2 Å². The third kappa shape index (κ3) is 3.98. The minimum absolute atomic E-state index is 0.156. The fourth-order valence-electron chi connectivity index (χ4n) is 3.94. The Morgan fingerprint density at radius 3 is 2.59 bits per heavy atom. The molecule has 1 aromatic carbocycles. The number of aryl methyl sites for hydroxylation is 1. The molecule has 4 rings (SSSR count). The summed E-state index contributed by atoms with van der Waals surface area (Å²) in [4.78, 5) is 14.6. The summed E-state index contributed by atoms with van der Waals surface area (Å²) in [6.07, 6.45) is 5.99. The second kappa shape index (κ2) is 7.68. The topological polar surface area (TPSA) is 88.7 Å². The van der Waals surface area contributed by atoms with E-state index in [1.807, 2.05) is 12.1 Å². The smallest absolute Gasteiger partial charge is 0.254 e. The minimum atomic E-state index is -0.597. The largest absolute Gasteiger partial charge is 0.490 e. The molecule has 1 aliphatic carbocycles. The molecule has 2 heterocycles. The van der Waals surface area contributed by atoms with Gasteiger partial charge in [0.2, 0.25) is 11.8 Å². The number of rotatable bonds is 4. The number of aliphatic hydroxyl groups excluding tert-OH is 1. The Morgan fingerprint density at radius 2 is 1.93 bits per heavy atom. The van der Waals surface area contributed by atoms with Gasteiger partial charge in [-0.3, -0.25) is 4.79 Å². The number of aliphatic hydroxyl groups is 1. The number of hydrogen-bond acceptors (Lipinski definition) is 6. The summed E-state index contributed by atoms with van der Waals surface area (Å²) in [6.45, 7) is 1.96. The van der Waals surface area contributed by atoms with Crippen LogP contribution in [-0.4, -0.2) is 44.9 Å². The van der Waals surface area contributed by atoms with Crippen LogP contribution >= 0.6 is 0 Å². The Kier molecular flexibility index (Phi) is 5.11. The van der Waals surface area contributed by atoms with Crippen molar-refractivity contribution in [1.82, 2.24) is 15.1 Å². The Balaban J connectivity index is 1.46. The number of carbonyl (C=O) groups excluding carboxylic acids is 1. The summed E-state index contributed by atoms with van der Waals surface area (Å²) in [6, 6.07) is 6.86. The summed E-state index contributed by atoms with van der Waals surface area (Å²) in [5.41, 5.74) is 0.557. The van der Waals surface area contributed by atoms with Crippen molar-refractivity contribution in [2.75, 3.05) is 6.54 Å². The third-order valence-electron chi connectivity index (χ3n) is 5.32. The molecule has 2 aliphatic rings. The van der Waals surface area contributed by atoms with Gasteiger partial charge in [0.1, 0.15) is 11.8 Å². The van der Waals surface area contributed by atoms with Gasteiger partial charge in [0.05, 0.1) is 12.2 Å². The maximum atomic E-state index is 13.0. The zero-order chi connectivity index (χ0) is 18.8. The average molecular weight is 371 g/mol. The van der Waals surface area contributed by atoms with Crippen LogP contribution in [-0.2, 0) is 0 Å². The fraction of sp³-hybridized carbons (Fsp3) is 0.550. The predicted octanol–water partition coefficient (Wildman–Crippen LogP) is 3.04. The first kappa shape index (κ1) is 18.0. The molecule has 1 aliphatic heterocycles. The number of hydrogen-bond donors (Lipinski definition) is 1. The van der Waals surface area contributed by atoms with Gasteiger partial charge < -0.3 is 19.2 Å². The van der Waals surface area contributed by atoms with Crippen molar-refractivity contribution in [2.45, 2.75) is 63.7 Å². The molecule has 1 saturated carbocycles. The standard InChI is InChI=1S/C20H25N3O4/c1-13-21-22-19(26-13)18-11-15(24)12-23(18)20(25)14-7-9-17(10-8-14)27-16-5-3-2-4-6-16/h7-10,15-16,18,24H,2-6,11-12H2,1H3/t15-,18-/m1/s1. The molecule has 2 fully saturated rings. The second-order valence-electron chi connectivity index (χ2n) is 7.42. The highest BCUT2D eigenvalue weighted by atomic mass is 16.5. The zero-order valence-corrected chi connectivity index (χ0v) is 15.5. The van der Waals surface area contributed by atoms with Crippen LogP contribution < -0.4 is 4.74 Å². The molecule has 2 atom stereocenters. The molecular weight excluding hydrogens is 346 g/mol. The van der Waals surface area contributed by atoms with Crippen LogP contribution in [0.4, 0.5) is 0 Å². The van der Waals surface area contributed by atoms with Crippen LogP contribution in [0.1, 0.15) is 66.7 Å². The summed E-state index contributed by atoms with van der Waals surface area (Å²) < 4.78 is 11.5. The van der Waals surface area contributed by atoms with Gasteiger partial charge in [-0.05, 0) is 49.9 Å². The fourth-order valence-corrected chi connectivity index (χ4v) is 3.94. The summed E-state index contributed by atoms with van der Waals surface area (Å²) in [7, 11) is 0. The number of amides is 1. The summed E-state index contributed by atoms with van der Waals surface area (Å²) >= 11 is 0. The quantitative estimate of drug-likeness (QED) is 0.889. The van der Waals surface area contributed by atoms with Crippen molar-refractivity contribution in [1.29, 1.82) is 0 Å². The molecule has 7 nitrogen and oxygen atoms in total. The maximum absolute atomic E-state index is 13.0. The lowest BCUT2D eigenvalue weighted by molar-refractivity contribution is 0.0697. The van der Waals surface area contributed by atoms with E-state index in [0.29, 0.717) is 23.8 Å². The van der Waals surface area contributed by atoms with E-state index in [4.69, 9.17) is 9.15 Å². The Labute approximate surface area is 158 Å². The lowest BCUT2D eigenvalue weighted by Crippen LogP contribution is -2.32. The highest BCUT2D eigenvalue weighted by molar-refractivity contribution is 5.94. The Hall–Kier alpha value is -2.41. The third-order valence-corrected chi connectivity index (χ3v) is 5.32. The number of benzene rings is 1. The van der Waals surface area contributed by atoms with Crippen molar-refractivity contribution in [3.63, 3.8) is 0 Å². The van der Waals surface area contributed by atoms with Crippen LogP contribution in [0.3, 0.4) is 0 Å². The molecule has 144 valence electrons. The number of ether oxygens (including phenoxy) is 1. The van der Waals surface area contributed by atoms with Crippen LogP contribution in [0, 0.1) is 6.92 Å². The van der Waals surface area contributed by atoms with E-state index in [2.05, 4.69) is 10.2 Å². The zero-order valence-electron chi connectivity index (χ0n) is 15.5. The van der Waals surface area contributed by atoms with E-state index in [-0.39, 0.29) is 18.6 Å². The first-order chi connectivity index (χ1) is 13.1. The molecule has 0 bridgehead atoms. The first-order valence-corrected chi connectivity index (χ1v) is 9.66. The number of β-amino-alcohol motifs (C(OH)–C–C–N with tert-alkyl or cyclic N) is 1. The molecular formula is C20H25N3O4. The van der Waals surface area contributed by atoms with Crippen LogP contribution in [0.5, 0.6) is 5.75 Å². The molecule has 2 aromatic rings. The van der Waals surface area contributed by atoms with Gasteiger partial charge >= 0.3 is 0 Å². The van der Waals surface area contributed by atoms with E-state index in [1.54, 1.807) is 24.0 Å². The normalized spacial score (nSPS) is 23.6. The van der Waals surface area contributed by atoms with Crippen LogP contribution in [0.25, 0.3) is 0 Å². The average Bonchev–Trinajstić information content (AvgIpc) is 3.28. The minimum Gasteiger partial charge on any atom is -0.490 e. The van der Waals surface area contributed by atoms with E-state index in [0.717, 1.165) is 18.6 Å². The molecule has 27 heavy (non-hydrogen) atoms. The van der Waals surface area contributed by atoms with Gasteiger partial charge in [-0.1, -0.05) is 6.42 Å². The van der Waals surface area contributed by atoms with Gasteiger partial charge in [0.15, 0.2) is 0 Å². The number of carbonyl (C=O) groups is 1. The van der Waals surface area contributed by atoms with Gasteiger partial charge in [-0.2, -0.15) is 0 Å². The van der Waals surface area contributed by atoms with Gasteiger partial charge in [0, 0.05) is 25.5 Å². The van der Waals surface area contributed by atoms with Crippen molar-refractivity contribution >= 4 is 5.91 Å². The van der Waals surface area contributed by atoms with Gasteiger partial charge in [0.25, 0.3) is 5.91 Å². The molecule has 0 unspecified atom stereocenters. The Bertz CT molecular complexity index is 783. The molecule has 1 N–H and O–H groups in total.